The number of pyridine rings is 2. The van der Waals surface area contributed by atoms with Gasteiger partial charge in [0.15, 0.2) is 9.84 Å². The maximum atomic E-state index is 13.4. The lowest BCUT2D eigenvalue weighted by molar-refractivity contribution is -0.115. The third-order valence-electron chi connectivity index (χ3n) is 5.55. The van der Waals surface area contributed by atoms with E-state index in [-0.39, 0.29) is 34.1 Å². The molecule has 0 radical (unpaired) electrons. The largest absolute Gasteiger partial charge is 0.310 e. The summed E-state index contributed by atoms with van der Waals surface area (Å²) < 4.78 is 50.7. The topological polar surface area (TPSA) is 106 Å². The smallest absolute Gasteiger partial charge is 0.229 e. The zero-order valence-corrected chi connectivity index (χ0v) is 20.4. The Labute approximate surface area is 212 Å². The Hall–Kier alpha value is -4.31. The summed E-state index contributed by atoms with van der Waals surface area (Å²) in [5, 5.41) is 2.63. The molecule has 4 rings (SSSR count). The average Bonchev–Trinajstić information content (AvgIpc) is 2.89. The second-order valence-electron chi connectivity index (χ2n) is 8.07. The highest BCUT2D eigenvalue weighted by Gasteiger charge is 2.19. The molecule has 0 aliphatic rings. The molecule has 0 bridgehead atoms. The first-order valence-corrected chi connectivity index (χ1v) is 12.9. The number of carbonyl (C=O) groups is 2. The fourth-order valence-corrected chi connectivity index (χ4v) is 4.45. The summed E-state index contributed by atoms with van der Waals surface area (Å²) in [5.74, 6) is -2.08. The molecule has 1 N–H and O–H groups in total. The monoisotopic (exact) mass is 521 g/mol. The van der Waals surface area contributed by atoms with Gasteiger partial charge in [-0.1, -0.05) is 19.1 Å². The van der Waals surface area contributed by atoms with Crippen molar-refractivity contribution in [2.45, 2.75) is 18.2 Å². The third-order valence-corrected chi connectivity index (χ3v) is 7.30. The van der Waals surface area contributed by atoms with Crippen LogP contribution in [-0.2, 0) is 21.1 Å². The number of aromatic nitrogens is 2. The van der Waals surface area contributed by atoms with E-state index >= 15 is 0 Å². The van der Waals surface area contributed by atoms with Crippen molar-refractivity contribution in [3.05, 3.63) is 108 Å². The van der Waals surface area contributed by atoms with Crippen molar-refractivity contribution in [1.82, 2.24) is 9.97 Å². The van der Waals surface area contributed by atoms with Crippen LogP contribution in [0.25, 0.3) is 11.1 Å². The zero-order chi connectivity index (χ0) is 26.6. The minimum absolute atomic E-state index is 0.0263. The van der Waals surface area contributed by atoms with Crippen LogP contribution < -0.4 is 5.32 Å². The van der Waals surface area contributed by atoms with Gasteiger partial charge in [0.25, 0.3) is 0 Å². The van der Waals surface area contributed by atoms with Crippen LogP contribution >= 0.6 is 0 Å². The lowest BCUT2D eigenvalue weighted by Crippen LogP contribution is -2.17. The molecule has 0 saturated heterocycles. The number of nitrogens with one attached hydrogen (secondary N) is 1. The van der Waals surface area contributed by atoms with Gasteiger partial charge in [-0.05, 0) is 66.2 Å². The Morgan fingerprint density at radius 2 is 1.59 bits per heavy atom. The molecule has 0 spiro atoms. The van der Waals surface area contributed by atoms with Crippen LogP contribution in [0.5, 0.6) is 0 Å². The van der Waals surface area contributed by atoms with E-state index in [2.05, 4.69) is 15.3 Å². The number of halogens is 2. The molecule has 0 aliphatic carbocycles. The standard InChI is InChI=1S/C27H21F2N3O4S/c1-2-37(35,36)21-10-3-17(4-11-21)15-25(33)31-24-14-12-22(19-7-13-23(29)30-16-19)26(32-24)27(34)18-5-8-20(28)9-6-18/h3-14,16H,2,15H2,1H3,(H,31,32,33). The molecule has 0 saturated carbocycles. The van der Waals surface area contributed by atoms with Gasteiger partial charge in [-0.2, -0.15) is 4.39 Å². The number of nitrogens with zero attached hydrogens (tertiary/aromatic N) is 2. The number of rotatable bonds is 8. The lowest BCUT2D eigenvalue weighted by Gasteiger charge is -2.12. The number of carbonyl (C=O) groups excluding carboxylic acids is 2. The Balaban J connectivity index is 1.60. The summed E-state index contributed by atoms with van der Waals surface area (Å²) >= 11 is 0. The summed E-state index contributed by atoms with van der Waals surface area (Å²) in [6.07, 6.45) is 1.20. The van der Waals surface area contributed by atoms with Gasteiger partial charge in [0, 0.05) is 22.9 Å². The van der Waals surface area contributed by atoms with E-state index in [1.165, 1.54) is 42.6 Å². The van der Waals surface area contributed by atoms with Gasteiger partial charge in [-0.15, -0.1) is 0 Å². The second-order valence-corrected chi connectivity index (χ2v) is 10.3. The second kappa shape index (κ2) is 10.8. The molecule has 2 aromatic carbocycles. The highest BCUT2D eigenvalue weighted by Crippen LogP contribution is 2.26. The molecule has 0 unspecified atom stereocenters. The lowest BCUT2D eigenvalue weighted by atomic mass is 9.99. The first kappa shape index (κ1) is 25.8. The van der Waals surface area contributed by atoms with Gasteiger partial charge >= 0.3 is 0 Å². The molecular weight excluding hydrogens is 500 g/mol. The number of sulfone groups is 1. The molecule has 1 amide bonds. The summed E-state index contributed by atoms with van der Waals surface area (Å²) in [6, 6.07) is 16.6. The predicted molar refractivity (Wildman–Crippen MR) is 134 cm³/mol. The maximum absolute atomic E-state index is 13.4. The maximum Gasteiger partial charge on any atom is 0.229 e. The Morgan fingerprint density at radius 1 is 0.892 bits per heavy atom. The molecule has 7 nitrogen and oxygen atoms in total. The predicted octanol–water partition coefficient (Wildman–Crippen LogP) is 4.63. The van der Waals surface area contributed by atoms with Gasteiger partial charge in [0.2, 0.25) is 17.6 Å². The van der Waals surface area contributed by atoms with Crippen LogP contribution in [0.2, 0.25) is 0 Å². The first-order chi connectivity index (χ1) is 17.7. The van der Waals surface area contributed by atoms with E-state index in [1.54, 1.807) is 25.1 Å². The van der Waals surface area contributed by atoms with Crippen molar-refractivity contribution in [3.63, 3.8) is 0 Å². The van der Waals surface area contributed by atoms with E-state index in [1.807, 2.05) is 0 Å². The Kier molecular flexibility index (Phi) is 7.49. The molecule has 4 aromatic rings. The number of ketones is 1. The van der Waals surface area contributed by atoms with E-state index in [0.717, 1.165) is 18.2 Å². The van der Waals surface area contributed by atoms with Crippen molar-refractivity contribution in [3.8, 4) is 11.1 Å². The fourth-order valence-electron chi connectivity index (χ4n) is 3.56. The molecule has 10 heteroatoms. The van der Waals surface area contributed by atoms with Gasteiger partial charge in [-0.3, -0.25) is 9.59 Å². The van der Waals surface area contributed by atoms with Gasteiger partial charge in [0.1, 0.15) is 17.3 Å². The van der Waals surface area contributed by atoms with E-state index in [9.17, 15) is 26.8 Å². The molecule has 0 atom stereocenters. The van der Waals surface area contributed by atoms with Gasteiger partial charge in [0.05, 0.1) is 17.1 Å². The third kappa shape index (κ3) is 6.10. The SMILES string of the molecule is CCS(=O)(=O)c1ccc(CC(=O)Nc2ccc(-c3ccc(F)nc3)c(C(=O)c3ccc(F)cc3)n2)cc1. The van der Waals surface area contributed by atoms with Crippen molar-refractivity contribution >= 4 is 27.3 Å². The summed E-state index contributed by atoms with van der Waals surface area (Å²) in [4.78, 5) is 34.0. The first-order valence-electron chi connectivity index (χ1n) is 11.2. The van der Waals surface area contributed by atoms with Crippen molar-refractivity contribution in [2.24, 2.45) is 0 Å². The van der Waals surface area contributed by atoms with Crippen molar-refractivity contribution in [1.29, 1.82) is 0 Å². The van der Waals surface area contributed by atoms with Gasteiger partial charge < -0.3 is 5.32 Å². The molecule has 2 heterocycles. The normalized spacial score (nSPS) is 11.2. The number of anilines is 1. The molecule has 37 heavy (non-hydrogen) atoms. The fraction of sp³-hybridized carbons (Fsp3) is 0.111. The van der Waals surface area contributed by atoms with E-state index < -0.39 is 33.3 Å². The van der Waals surface area contributed by atoms with Crippen LogP contribution in [0.1, 0.15) is 28.5 Å². The number of hydrogen-bond donors (Lipinski definition) is 1. The minimum atomic E-state index is -3.35. The zero-order valence-electron chi connectivity index (χ0n) is 19.6. The summed E-state index contributed by atoms with van der Waals surface area (Å²) in [5.41, 5.74) is 1.51. The van der Waals surface area contributed by atoms with Gasteiger partial charge in [-0.25, -0.2) is 22.8 Å². The minimum Gasteiger partial charge on any atom is -0.310 e. The molecule has 2 aromatic heterocycles. The van der Waals surface area contributed by atoms with Crippen molar-refractivity contribution in [2.75, 3.05) is 11.1 Å². The van der Waals surface area contributed by atoms with Crippen LogP contribution in [0.15, 0.2) is 83.9 Å². The van der Waals surface area contributed by atoms with Crippen molar-refractivity contribution < 1.29 is 26.8 Å². The molecular formula is C27H21F2N3O4S. The van der Waals surface area contributed by atoms with E-state index in [4.69, 9.17) is 0 Å². The number of benzene rings is 2. The Bertz CT molecular complexity index is 1560. The highest BCUT2D eigenvalue weighted by molar-refractivity contribution is 7.91. The Morgan fingerprint density at radius 3 is 2.22 bits per heavy atom. The number of amides is 1. The van der Waals surface area contributed by atoms with Crippen LogP contribution in [0, 0.1) is 11.8 Å². The average molecular weight is 522 g/mol. The highest BCUT2D eigenvalue weighted by atomic mass is 32.2. The number of hydrogen-bond acceptors (Lipinski definition) is 6. The quantitative estimate of drug-likeness (QED) is 0.268. The molecule has 0 aliphatic heterocycles. The molecule has 0 fully saturated rings. The van der Waals surface area contributed by atoms with Crippen LogP contribution in [0.4, 0.5) is 14.6 Å². The molecule has 188 valence electrons. The van der Waals surface area contributed by atoms with Crippen LogP contribution in [0.3, 0.4) is 0 Å². The van der Waals surface area contributed by atoms with Crippen LogP contribution in [-0.4, -0.2) is 35.8 Å². The van der Waals surface area contributed by atoms with E-state index in [0.29, 0.717) is 16.7 Å². The summed E-state index contributed by atoms with van der Waals surface area (Å²) in [6.45, 7) is 1.55. The summed E-state index contributed by atoms with van der Waals surface area (Å²) in [7, 11) is -3.35.